The van der Waals surface area contributed by atoms with Crippen LogP contribution in [0, 0.1) is 0 Å². The number of hydrogen-bond acceptors (Lipinski definition) is 5. The predicted octanol–water partition coefficient (Wildman–Crippen LogP) is 5.97. The quantitative estimate of drug-likeness (QED) is 0.339. The molecule has 0 spiro atoms. The fourth-order valence-corrected chi connectivity index (χ4v) is 5.59. The van der Waals surface area contributed by atoms with E-state index in [-0.39, 0.29) is 11.8 Å². The van der Waals surface area contributed by atoms with Gasteiger partial charge in [-0.15, -0.1) is 0 Å². The van der Waals surface area contributed by atoms with Crippen molar-refractivity contribution in [2.45, 2.75) is 18.4 Å². The first-order valence-corrected chi connectivity index (χ1v) is 12.9. The van der Waals surface area contributed by atoms with Crippen LogP contribution in [-0.2, 0) is 11.2 Å². The third-order valence-electron chi connectivity index (χ3n) is 7.41. The van der Waals surface area contributed by atoms with E-state index in [1.165, 1.54) is 0 Å². The van der Waals surface area contributed by atoms with Crippen LogP contribution in [-0.4, -0.2) is 37.5 Å². The maximum atomic E-state index is 14.0. The smallest absolute Gasteiger partial charge is 0.254 e. The third kappa shape index (κ3) is 4.46. The molecule has 0 saturated carbocycles. The molecule has 2 heterocycles. The van der Waals surface area contributed by atoms with Crippen molar-refractivity contribution in [3.05, 3.63) is 113 Å². The van der Waals surface area contributed by atoms with Crippen LogP contribution in [0.5, 0.6) is 23.0 Å². The van der Waals surface area contributed by atoms with E-state index in [1.54, 1.807) is 20.3 Å². The summed E-state index contributed by atoms with van der Waals surface area (Å²) in [5, 5.41) is 3.09. The van der Waals surface area contributed by atoms with Gasteiger partial charge in [-0.3, -0.25) is 9.59 Å². The number of nitrogens with one attached hydrogen (secondary N) is 1. The van der Waals surface area contributed by atoms with E-state index in [4.69, 9.17) is 14.2 Å². The molecular weight excluding hydrogens is 492 g/mol. The van der Waals surface area contributed by atoms with Crippen LogP contribution in [0.25, 0.3) is 0 Å². The van der Waals surface area contributed by atoms with Crippen molar-refractivity contribution in [2.75, 3.05) is 26.1 Å². The topological polar surface area (TPSA) is 77.1 Å². The zero-order chi connectivity index (χ0) is 26.9. The van der Waals surface area contributed by atoms with Crippen molar-refractivity contribution < 1.29 is 23.8 Å². The molecule has 0 aromatic heterocycles. The van der Waals surface area contributed by atoms with E-state index in [0.29, 0.717) is 47.0 Å². The molecule has 2 amide bonds. The zero-order valence-electron chi connectivity index (χ0n) is 21.7. The Morgan fingerprint density at radius 3 is 2.23 bits per heavy atom. The van der Waals surface area contributed by atoms with Gasteiger partial charge in [-0.05, 0) is 77.7 Å². The molecule has 39 heavy (non-hydrogen) atoms. The third-order valence-corrected chi connectivity index (χ3v) is 7.41. The van der Waals surface area contributed by atoms with Crippen LogP contribution in [0.1, 0.15) is 39.0 Å². The molecular formula is C32H28N2O5. The molecule has 4 aromatic rings. The molecule has 0 aliphatic carbocycles. The number of nitrogens with zero attached hydrogens (tertiary/aromatic N) is 1. The fourth-order valence-electron chi connectivity index (χ4n) is 5.59. The van der Waals surface area contributed by atoms with E-state index in [2.05, 4.69) is 5.32 Å². The standard InChI is InChI=1S/C32H28N2O5/c1-37-27-18-20-16-17-34-30(26(20)19-28(27)38-2)29(24-10-6-7-11-25(24)32(34)36)31(35)33-21-12-14-23(15-13-21)39-22-8-4-3-5-9-22/h3-15,18-19,29-30H,16-17H2,1-2H3,(H,33,35)/t29-,30-/m1/s1. The number of rotatable bonds is 6. The van der Waals surface area contributed by atoms with Crippen LogP contribution in [0.3, 0.4) is 0 Å². The van der Waals surface area contributed by atoms with Gasteiger partial charge in [0.1, 0.15) is 11.5 Å². The van der Waals surface area contributed by atoms with E-state index >= 15 is 0 Å². The second-order valence-electron chi connectivity index (χ2n) is 9.59. The molecule has 0 bridgehead atoms. The summed E-state index contributed by atoms with van der Waals surface area (Å²) in [6.07, 6.45) is 0.664. The molecule has 0 fully saturated rings. The molecule has 0 saturated heterocycles. The number of anilines is 1. The van der Waals surface area contributed by atoms with Crippen LogP contribution < -0.4 is 19.5 Å². The van der Waals surface area contributed by atoms with Gasteiger partial charge in [0.25, 0.3) is 5.91 Å². The number of fused-ring (bicyclic) bond motifs is 4. The molecule has 7 heteroatoms. The van der Waals surface area contributed by atoms with Gasteiger partial charge in [-0.25, -0.2) is 0 Å². The summed E-state index contributed by atoms with van der Waals surface area (Å²) in [7, 11) is 3.19. The van der Waals surface area contributed by atoms with Crippen molar-refractivity contribution in [3.63, 3.8) is 0 Å². The second kappa shape index (κ2) is 10.2. The highest BCUT2D eigenvalue weighted by Gasteiger charge is 2.46. The van der Waals surface area contributed by atoms with Crippen LogP contribution in [0.4, 0.5) is 5.69 Å². The minimum Gasteiger partial charge on any atom is -0.493 e. The molecule has 196 valence electrons. The Labute approximate surface area is 226 Å². The number of benzene rings is 4. The number of ether oxygens (including phenoxy) is 3. The zero-order valence-corrected chi connectivity index (χ0v) is 21.7. The lowest BCUT2D eigenvalue weighted by Crippen LogP contribution is -2.49. The van der Waals surface area contributed by atoms with Gasteiger partial charge in [0.15, 0.2) is 11.5 Å². The van der Waals surface area contributed by atoms with Crippen molar-refractivity contribution in [1.29, 1.82) is 0 Å². The highest BCUT2D eigenvalue weighted by atomic mass is 16.5. The number of carbonyl (C=O) groups is 2. The summed E-state index contributed by atoms with van der Waals surface area (Å²) in [6, 6.07) is 27.6. The Morgan fingerprint density at radius 1 is 0.821 bits per heavy atom. The molecule has 2 atom stereocenters. The Hall–Kier alpha value is -4.78. The van der Waals surface area contributed by atoms with Gasteiger partial charge >= 0.3 is 0 Å². The van der Waals surface area contributed by atoms with Gasteiger partial charge in [-0.1, -0.05) is 36.4 Å². The summed E-state index contributed by atoms with van der Waals surface area (Å²) in [5.41, 5.74) is 3.86. The predicted molar refractivity (Wildman–Crippen MR) is 148 cm³/mol. The Kier molecular flexibility index (Phi) is 6.40. The molecule has 0 radical (unpaired) electrons. The monoisotopic (exact) mass is 520 g/mol. The lowest BCUT2D eigenvalue weighted by molar-refractivity contribution is -0.119. The van der Waals surface area contributed by atoms with E-state index in [9.17, 15) is 9.59 Å². The van der Waals surface area contributed by atoms with Crippen LogP contribution in [0.15, 0.2) is 91.0 Å². The van der Waals surface area contributed by atoms with E-state index < -0.39 is 12.0 Å². The van der Waals surface area contributed by atoms with Gasteiger partial charge in [0.05, 0.1) is 26.2 Å². The maximum absolute atomic E-state index is 14.0. The number of carbonyl (C=O) groups excluding carboxylic acids is 2. The average molecular weight is 521 g/mol. The number of hydrogen-bond donors (Lipinski definition) is 1. The van der Waals surface area contributed by atoms with Crippen molar-refractivity contribution in [1.82, 2.24) is 4.90 Å². The first-order chi connectivity index (χ1) is 19.1. The number of methoxy groups -OCH3 is 2. The van der Waals surface area contributed by atoms with Crippen molar-refractivity contribution in [2.24, 2.45) is 0 Å². The lowest BCUT2D eigenvalue weighted by atomic mass is 9.75. The summed E-state index contributed by atoms with van der Waals surface area (Å²) >= 11 is 0. The van der Waals surface area contributed by atoms with Gasteiger partial charge in [0, 0.05) is 17.8 Å². The molecule has 0 unspecified atom stereocenters. The Bertz CT molecular complexity index is 1530. The largest absolute Gasteiger partial charge is 0.493 e. The minimum atomic E-state index is -0.615. The minimum absolute atomic E-state index is 0.0671. The van der Waals surface area contributed by atoms with Crippen LogP contribution in [0.2, 0.25) is 0 Å². The lowest BCUT2D eigenvalue weighted by Gasteiger charge is -2.45. The van der Waals surface area contributed by atoms with E-state index in [1.807, 2.05) is 89.8 Å². The van der Waals surface area contributed by atoms with Crippen molar-refractivity contribution in [3.8, 4) is 23.0 Å². The van der Waals surface area contributed by atoms with Gasteiger partial charge < -0.3 is 24.4 Å². The van der Waals surface area contributed by atoms with Crippen LogP contribution >= 0.6 is 0 Å². The summed E-state index contributed by atoms with van der Waals surface area (Å²) in [6.45, 7) is 0.510. The Balaban J connectivity index is 1.35. The molecule has 1 N–H and O–H groups in total. The first kappa shape index (κ1) is 24.6. The summed E-state index contributed by atoms with van der Waals surface area (Å²) in [5.74, 6) is 1.73. The highest BCUT2D eigenvalue weighted by Crippen LogP contribution is 2.48. The van der Waals surface area contributed by atoms with Crippen molar-refractivity contribution >= 4 is 17.5 Å². The summed E-state index contributed by atoms with van der Waals surface area (Å²) < 4.78 is 17.0. The number of amides is 2. The summed E-state index contributed by atoms with van der Waals surface area (Å²) in [4.78, 5) is 29.4. The first-order valence-electron chi connectivity index (χ1n) is 12.9. The average Bonchev–Trinajstić information content (AvgIpc) is 2.98. The Morgan fingerprint density at radius 2 is 1.49 bits per heavy atom. The number of para-hydroxylation sites is 1. The van der Waals surface area contributed by atoms with Gasteiger partial charge in [-0.2, -0.15) is 0 Å². The fraction of sp³-hybridized carbons (Fsp3) is 0.188. The SMILES string of the molecule is COc1cc2c(cc1OC)[C@@H]1[C@H](C(=O)Nc3ccc(Oc4ccccc4)cc3)c3ccccc3C(=O)N1CC2. The molecule has 6 rings (SSSR count). The molecule has 7 nitrogen and oxygen atoms in total. The second-order valence-corrected chi connectivity index (χ2v) is 9.59. The van der Waals surface area contributed by atoms with E-state index in [0.717, 1.165) is 16.9 Å². The molecule has 2 aliphatic rings. The molecule has 4 aromatic carbocycles. The highest BCUT2D eigenvalue weighted by molar-refractivity contribution is 6.04. The van der Waals surface area contributed by atoms with Gasteiger partial charge in [0.2, 0.25) is 5.91 Å². The normalized spacial score (nSPS) is 17.4. The molecule has 2 aliphatic heterocycles. The maximum Gasteiger partial charge on any atom is 0.254 e.